The van der Waals surface area contributed by atoms with Gasteiger partial charge in [0.1, 0.15) is 36.0 Å². The summed E-state index contributed by atoms with van der Waals surface area (Å²) in [4.78, 5) is 52.3. The molecule has 1 unspecified atom stereocenters. The molecule has 3 atom stereocenters. The number of nitrogens with two attached hydrogens (primary N) is 4. The van der Waals surface area contributed by atoms with Crippen LogP contribution in [0.3, 0.4) is 0 Å². The van der Waals surface area contributed by atoms with Gasteiger partial charge < -0.3 is 42.9 Å². The van der Waals surface area contributed by atoms with Gasteiger partial charge in [0.2, 0.25) is 0 Å². The molecule has 1 aromatic carbocycles. The maximum absolute atomic E-state index is 13.4. The SMILES string of the molecule is NCCN=C(N)c1ccc(OCC(O/N=C(\C(=O)N[C@@H]2C(=O)N(S(=O)(=O)O)[C@@H]2Cn2ncc(CN)n2)c2csc(N)n2)C(=O)O)cc1. The molecule has 0 radical (unpaired) electrons. The van der Waals surface area contributed by atoms with E-state index in [1.165, 1.54) is 23.7 Å². The molecule has 4 rings (SSSR count). The van der Waals surface area contributed by atoms with Crippen molar-refractivity contribution < 1.29 is 42.0 Å². The number of carboxylic acid groups (broad SMARTS) is 1. The lowest BCUT2D eigenvalue weighted by Gasteiger charge is -2.43. The van der Waals surface area contributed by atoms with E-state index < -0.39 is 58.6 Å². The van der Waals surface area contributed by atoms with Crippen LogP contribution in [0.25, 0.3) is 0 Å². The third-order valence-electron chi connectivity index (χ3n) is 6.34. The van der Waals surface area contributed by atoms with Crippen molar-refractivity contribution in [1.82, 2.24) is 29.6 Å². The first-order valence-electron chi connectivity index (χ1n) is 13.4. The lowest BCUT2D eigenvalue weighted by atomic mass is 9.98. The topological polar surface area (TPSA) is 332 Å². The highest BCUT2D eigenvalue weighted by molar-refractivity contribution is 7.84. The van der Waals surface area contributed by atoms with Gasteiger partial charge in [-0.05, 0) is 24.3 Å². The van der Waals surface area contributed by atoms with Crippen LogP contribution in [0, 0.1) is 0 Å². The Morgan fingerprint density at radius 3 is 2.51 bits per heavy atom. The number of hydrogen-bond acceptors (Lipinski definition) is 16. The minimum Gasteiger partial charge on any atom is -0.489 e. The number of nitrogens with zero attached hydrogens (tertiary/aromatic N) is 7. The Balaban J connectivity index is 1.51. The molecule has 252 valence electrons. The molecule has 1 saturated heterocycles. The van der Waals surface area contributed by atoms with E-state index in [9.17, 15) is 32.5 Å². The first kappa shape index (κ1) is 34.6. The van der Waals surface area contributed by atoms with Crippen molar-refractivity contribution in [1.29, 1.82) is 0 Å². The van der Waals surface area contributed by atoms with Gasteiger partial charge in [-0.25, -0.2) is 14.1 Å². The zero-order valence-corrected chi connectivity index (χ0v) is 25.9. The quantitative estimate of drug-likeness (QED) is 0.0256. The van der Waals surface area contributed by atoms with Crippen LogP contribution in [0.15, 0.2) is 46.0 Å². The number of benzene rings is 1. The highest BCUT2D eigenvalue weighted by Gasteiger charge is 2.54. The lowest BCUT2D eigenvalue weighted by molar-refractivity contribution is -0.152. The number of carbonyl (C=O) groups is 3. The predicted molar refractivity (Wildman–Crippen MR) is 164 cm³/mol. The second kappa shape index (κ2) is 14.9. The van der Waals surface area contributed by atoms with Crippen molar-refractivity contribution in [2.24, 2.45) is 27.3 Å². The summed E-state index contributed by atoms with van der Waals surface area (Å²) in [6, 6.07) is 3.37. The molecule has 0 saturated carbocycles. The highest BCUT2D eigenvalue weighted by atomic mass is 32.2. The van der Waals surface area contributed by atoms with Crippen LogP contribution in [0.2, 0.25) is 0 Å². The number of nitrogens with one attached hydrogen (secondary N) is 1. The van der Waals surface area contributed by atoms with Crippen LogP contribution in [0.4, 0.5) is 5.13 Å². The molecule has 11 N–H and O–H groups in total. The van der Waals surface area contributed by atoms with Crippen molar-refractivity contribution in [3.05, 3.63) is 52.8 Å². The van der Waals surface area contributed by atoms with Crippen molar-refractivity contribution in [3.8, 4) is 5.75 Å². The number of amides is 2. The van der Waals surface area contributed by atoms with E-state index in [-0.39, 0.29) is 39.8 Å². The van der Waals surface area contributed by atoms with Crippen LogP contribution in [-0.4, -0.2) is 110 Å². The number of aliphatic imine (C=N–C) groups is 1. The molecule has 1 aliphatic heterocycles. The molecule has 2 amide bonds. The Hall–Kier alpha value is -5.23. The molecule has 1 aliphatic rings. The van der Waals surface area contributed by atoms with Crippen LogP contribution < -0.4 is 33.0 Å². The molecule has 23 heteroatoms. The normalized spacial score (nSPS) is 17.6. The van der Waals surface area contributed by atoms with Crippen molar-refractivity contribution in [2.75, 3.05) is 25.4 Å². The van der Waals surface area contributed by atoms with Gasteiger partial charge in [-0.3, -0.25) is 19.1 Å². The maximum Gasteiger partial charge on any atom is 0.362 e. The van der Waals surface area contributed by atoms with E-state index in [1.807, 2.05) is 0 Å². The van der Waals surface area contributed by atoms with Gasteiger partial charge in [0, 0.05) is 24.0 Å². The summed E-state index contributed by atoms with van der Waals surface area (Å²) in [5.41, 5.74) is 22.7. The molecular weight excluding hydrogens is 664 g/mol. The Bertz CT molecular complexity index is 1770. The summed E-state index contributed by atoms with van der Waals surface area (Å²) in [5, 5.41) is 25.0. The van der Waals surface area contributed by atoms with Crippen LogP contribution in [-0.2, 0) is 42.6 Å². The fourth-order valence-electron chi connectivity index (χ4n) is 4.07. The number of rotatable bonds is 16. The molecule has 0 spiro atoms. The first-order chi connectivity index (χ1) is 22.3. The minimum atomic E-state index is -5.03. The molecule has 1 fully saturated rings. The molecule has 21 nitrogen and oxygen atoms in total. The largest absolute Gasteiger partial charge is 0.489 e. The second-order valence-corrected chi connectivity index (χ2v) is 11.7. The summed E-state index contributed by atoms with van der Waals surface area (Å²) in [6.07, 6.45) is -0.422. The van der Waals surface area contributed by atoms with E-state index in [4.69, 9.17) is 32.5 Å². The number of amidine groups is 1. The third kappa shape index (κ3) is 8.53. The molecule has 2 aromatic heterocycles. The maximum atomic E-state index is 13.4. The summed E-state index contributed by atoms with van der Waals surface area (Å²) in [5.74, 6) is -3.27. The smallest absolute Gasteiger partial charge is 0.362 e. The average molecular weight is 695 g/mol. The number of carbonyl (C=O) groups excluding carboxylic acids is 2. The lowest BCUT2D eigenvalue weighted by Crippen LogP contribution is -2.73. The van der Waals surface area contributed by atoms with Gasteiger partial charge >= 0.3 is 16.3 Å². The Morgan fingerprint density at radius 1 is 1.21 bits per heavy atom. The number of thiazole rings is 1. The minimum absolute atomic E-state index is 0.0198. The summed E-state index contributed by atoms with van der Waals surface area (Å²) in [6.45, 7) is -0.231. The summed E-state index contributed by atoms with van der Waals surface area (Å²) in [7, 11) is -5.03. The molecule has 0 aliphatic carbocycles. The van der Waals surface area contributed by atoms with Gasteiger partial charge in [-0.2, -0.15) is 23.4 Å². The molecule has 0 bridgehead atoms. The van der Waals surface area contributed by atoms with E-state index in [2.05, 4.69) is 30.6 Å². The van der Waals surface area contributed by atoms with E-state index in [1.54, 1.807) is 12.1 Å². The standard InChI is InChI=1S/C24H30N12O9S2/c25-5-6-29-20(27)12-1-3-14(4-2-12)44-10-17(23(39)40)45-34-18(15-11-46-24(28)31-15)21(37)32-19-16(36(22(19)38)47(41,42)43)9-35-30-8-13(7-26)33-35/h1-4,8,11,16-17,19H,5-7,9-10,25-26H2,(H2,27,29)(H2,28,31)(H,32,37)(H,39,40)(H,41,42,43)/b34-18-/t16-,17?,19+/m1/s1. The average Bonchev–Trinajstić information content (AvgIpc) is 3.68. The van der Waals surface area contributed by atoms with Gasteiger partial charge in [-0.15, -0.1) is 11.3 Å². The predicted octanol–water partition coefficient (Wildman–Crippen LogP) is -3.11. The number of aromatic nitrogens is 4. The highest BCUT2D eigenvalue weighted by Crippen LogP contribution is 2.25. The molecule has 3 aromatic rings. The monoisotopic (exact) mass is 694 g/mol. The van der Waals surface area contributed by atoms with E-state index >= 15 is 0 Å². The fourth-order valence-corrected chi connectivity index (χ4v) is 5.49. The van der Waals surface area contributed by atoms with Crippen LogP contribution in [0.1, 0.15) is 17.0 Å². The van der Waals surface area contributed by atoms with E-state index in [0.29, 0.717) is 24.3 Å². The van der Waals surface area contributed by atoms with Gasteiger partial charge in [0.15, 0.2) is 10.8 Å². The molecule has 47 heavy (non-hydrogen) atoms. The van der Waals surface area contributed by atoms with Crippen LogP contribution in [0.5, 0.6) is 5.75 Å². The Kier molecular flexibility index (Phi) is 11.0. The van der Waals surface area contributed by atoms with Gasteiger partial charge in [0.05, 0.1) is 25.0 Å². The van der Waals surface area contributed by atoms with Crippen molar-refractivity contribution >= 4 is 56.1 Å². The fraction of sp³-hybridized carbons (Fsp3) is 0.333. The van der Waals surface area contributed by atoms with Gasteiger partial charge in [0.25, 0.3) is 17.9 Å². The van der Waals surface area contributed by atoms with Crippen molar-refractivity contribution in [2.45, 2.75) is 31.3 Å². The number of ether oxygens (including phenoxy) is 1. The number of anilines is 1. The first-order valence-corrected chi connectivity index (χ1v) is 15.7. The zero-order valence-electron chi connectivity index (χ0n) is 24.2. The Morgan fingerprint density at radius 2 is 1.94 bits per heavy atom. The van der Waals surface area contributed by atoms with Crippen LogP contribution >= 0.6 is 11.3 Å². The Labute approximate surface area is 270 Å². The zero-order chi connectivity index (χ0) is 34.3. The summed E-state index contributed by atoms with van der Waals surface area (Å²) >= 11 is 0.923. The number of carboxylic acids is 1. The number of nitrogen functional groups attached to an aromatic ring is 1. The number of aliphatic carboxylic acids is 1. The molecular formula is C24H30N12O9S2. The number of hydrogen-bond donors (Lipinski definition) is 7. The van der Waals surface area contributed by atoms with Gasteiger partial charge in [-0.1, -0.05) is 5.16 Å². The summed E-state index contributed by atoms with van der Waals surface area (Å²) < 4.78 is 39.1. The number of oxime groups is 1. The van der Waals surface area contributed by atoms with E-state index in [0.717, 1.165) is 16.1 Å². The molecule has 3 heterocycles. The second-order valence-electron chi connectivity index (χ2n) is 9.56. The van der Waals surface area contributed by atoms with Crippen molar-refractivity contribution in [3.63, 3.8) is 0 Å². The number of β-lactam (4-membered cyclic amide) rings is 1. The third-order valence-corrected chi connectivity index (χ3v) is 7.96.